The molecule has 2 bridgehead atoms. The van der Waals surface area contributed by atoms with E-state index in [-0.39, 0.29) is 30.9 Å². The van der Waals surface area contributed by atoms with Gasteiger partial charge < -0.3 is 24.4 Å². The number of allylic oxidation sites excluding steroid dienone is 1. The average Bonchev–Trinajstić information content (AvgIpc) is 3.47. The highest BCUT2D eigenvalue weighted by Gasteiger charge is 2.76. The summed E-state index contributed by atoms with van der Waals surface area (Å²) in [5, 5.41) is 10.4. The van der Waals surface area contributed by atoms with Gasteiger partial charge in [-0.05, 0) is 52.4 Å². The van der Waals surface area contributed by atoms with E-state index in [2.05, 4.69) is 13.2 Å². The van der Waals surface area contributed by atoms with Crippen molar-refractivity contribution in [2.75, 3.05) is 19.8 Å². The third-order valence-electron chi connectivity index (χ3n) is 8.27. The SMILES string of the molecule is C=CCCCOC(=O)[C@@H]1[C@H]2C(=O)N([C@@H](CO)[C@@H](C)CC)C(C(=O)N(CC=C)C(C)(C)C)C23CC[C@H]1O3. The summed E-state index contributed by atoms with van der Waals surface area (Å²) in [5.41, 5.74) is -1.64. The van der Waals surface area contributed by atoms with Gasteiger partial charge in [-0.15, -0.1) is 13.2 Å². The summed E-state index contributed by atoms with van der Waals surface area (Å²) < 4.78 is 12.1. The molecule has 1 N–H and O–H groups in total. The number of rotatable bonds is 12. The topological polar surface area (TPSA) is 96.4 Å². The Bertz CT molecular complexity index is 867. The number of carbonyl (C=O) groups excluding carboxylic acids is 3. The second-order valence-electron chi connectivity index (χ2n) is 11.4. The molecule has 2 unspecified atom stereocenters. The van der Waals surface area contributed by atoms with Crippen molar-refractivity contribution in [2.45, 2.75) is 96.1 Å². The molecular weight excluding hydrogens is 460 g/mol. The smallest absolute Gasteiger partial charge is 0.312 e. The number of likely N-dealkylation sites (tertiary alicyclic amines) is 1. The van der Waals surface area contributed by atoms with Gasteiger partial charge in [-0.3, -0.25) is 14.4 Å². The van der Waals surface area contributed by atoms with Gasteiger partial charge in [0.1, 0.15) is 11.6 Å². The number of hydrogen-bond donors (Lipinski definition) is 1. The molecule has 0 aliphatic carbocycles. The fourth-order valence-electron chi connectivity index (χ4n) is 6.28. The second kappa shape index (κ2) is 11.1. The molecule has 3 rings (SSSR count). The number of ether oxygens (including phenoxy) is 2. The van der Waals surface area contributed by atoms with Crippen LogP contribution in [0.25, 0.3) is 0 Å². The van der Waals surface area contributed by atoms with Gasteiger partial charge >= 0.3 is 5.97 Å². The molecule has 0 aromatic rings. The van der Waals surface area contributed by atoms with Gasteiger partial charge in [-0.2, -0.15) is 0 Å². The summed E-state index contributed by atoms with van der Waals surface area (Å²) in [7, 11) is 0. The zero-order valence-corrected chi connectivity index (χ0v) is 22.6. The Labute approximate surface area is 215 Å². The molecule has 36 heavy (non-hydrogen) atoms. The number of nitrogens with zero attached hydrogens (tertiary/aromatic N) is 2. The van der Waals surface area contributed by atoms with Gasteiger partial charge in [0, 0.05) is 12.1 Å². The summed E-state index contributed by atoms with van der Waals surface area (Å²) >= 11 is 0. The van der Waals surface area contributed by atoms with Crippen molar-refractivity contribution in [3.05, 3.63) is 25.3 Å². The van der Waals surface area contributed by atoms with Crippen LogP contribution in [0.5, 0.6) is 0 Å². The van der Waals surface area contributed by atoms with Crippen LogP contribution < -0.4 is 0 Å². The van der Waals surface area contributed by atoms with E-state index in [1.807, 2.05) is 34.6 Å². The molecule has 8 heteroatoms. The van der Waals surface area contributed by atoms with Crippen molar-refractivity contribution in [3.8, 4) is 0 Å². The number of unbranched alkanes of at least 4 members (excludes halogenated alkanes) is 1. The van der Waals surface area contributed by atoms with E-state index in [1.54, 1.807) is 22.0 Å². The van der Waals surface area contributed by atoms with Crippen molar-refractivity contribution in [1.82, 2.24) is 9.80 Å². The van der Waals surface area contributed by atoms with Crippen LogP contribution in [0.3, 0.4) is 0 Å². The molecule has 3 aliphatic heterocycles. The molecule has 0 radical (unpaired) electrons. The van der Waals surface area contributed by atoms with E-state index in [1.165, 1.54) is 0 Å². The summed E-state index contributed by atoms with van der Waals surface area (Å²) in [6.07, 6.45) is 6.19. The Kier molecular flexibility index (Phi) is 8.71. The van der Waals surface area contributed by atoms with E-state index in [9.17, 15) is 19.5 Å². The van der Waals surface area contributed by atoms with Crippen molar-refractivity contribution < 1.29 is 29.0 Å². The quantitative estimate of drug-likeness (QED) is 0.249. The molecule has 0 saturated carbocycles. The van der Waals surface area contributed by atoms with Gasteiger partial charge in [-0.1, -0.05) is 32.4 Å². The second-order valence-corrected chi connectivity index (χ2v) is 11.4. The Morgan fingerprint density at radius 2 is 2.03 bits per heavy atom. The molecule has 7 atom stereocenters. The van der Waals surface area contributed by atoms with Crippen LogP contribution >= 0.6 is 0 Å². The Hall–Kier alpha value is -2.19. The number of amides is 2. The van der Waals surface area contributed by atoms with E-state index in [0.717, 1.165) is 12.8 Å². The maximum absolute atomic E-state index is 14.3. The third kappa shape index (κ3) is 4.74. The minimum Gasteiger partial charge on any atom is -0.465 e. The highest BCUT2D eigenvalue weighted by Crippen LogP contribution is 2.59. The normalized spacial score (nSPS) is 30.6. The van der Waals surface area contributed by atoms with Gasteiger partial charge in [0.25, 0.3) is 0 Å². The van der Waals surface area contributed by atoms with Crippen molar-refractivity contribution >= 4 is 17.8 Å². The van der Waals surface area contributed by atoms with Gasteiger partial charge in [0.2, 0.25) is 11.8 Å². The molecule has 2 amide bonds. The predicted octanol–water partition coefficient (Wildman–Crippen LogP) is 3.09. The maximum Gasteiger partial charge on any atom is 0.312 e. The zero-order valence-electron chi connectivity index (χ0n) is 22.6. The summed E-state index contributed by atoms with van der Waals surface area (Å²) in [5.74, 6) is -2.58. The molecule has 0 aromatic carbocycles. The Balaban J connectivity index is 2.06. The molecule has 202 valence electrons. The van der Waals surface area contributed by atoms with Gasteiger partial charge in [0.05, 0.1) is 37.2 Å². The van der Waals surface area contributed by atoms with Crippen LogP contribution in [0.1, 0.15) is 66.7 Å². The van der Waals surface area contributed by atoms with Crippen molar-refractivity contribution in [1.29, 1.82) is 0 Å². The van der Waals surface area contributed by atoms with E-state index in [4.69, 9.17) is 9.47 Å². The van der Waals surface area contributed by atoms with Crippen LogP contribution in [0.4, 0.5) is 0 Å². The summed E-state index contributed by atoms with van der Waals surface area (Å²) in [6, 6.07) is -1.49. The number of hydrogen-bond acceptors (Lipinski definition) is 6. The molecule has 3 aliphatic rings. The number of aliphatic hydroxyl groups is 1. The first-order chi connectivity index (χ1) is 17.0. The predicted molar refractivity (Wildman–Crippen MR) is 137 cm³/mol. The lowest BCUT2D eigenvalue weighted by Gasteiger charge is -2.44. The lowest BCUT2D eigenvalue weighted by molar-refractivity contribution is -0.158. The largest absolute Gasteiger partial charge is 0.465 e. The number of fused-ring (bicyclic) bond motifs is 1. The first-order valence-corrected chi connectivity index (χ1v) is 13.3. The van der Waals surface area contributed by atoms with E-state index in [0.29, 0.717) is 25.8 Å². The summed E-state index contributed by atoms with van der Waals surface area (Å²) in [4.78, 5) is 45.0. The summed E-state index contributed by atoms with van der Waals surface area (Å²) in [6.45, 7) is 17.6. The molecule has 8 nitrogen and oxygen atoms in total. The maximum atomic E-state index is 14.3. The van der Waals surface area contributed by atoms with Crippen molar-refractivity contribution in [2.24, 2.45) is 17.8 Å². The molecule has 3 fully saturated rings. The Morgan fingerprint density at radius 3 is 2.58 bits per heavy atom. The van der Waals surface area contributed by atoms with Crippen LogP contribution in [0.2, 0.25) is 0 Å². The van der Waals surface area contributed by atoms with Crippen molar-refractivity contribution in [3.63, 3.8) is 0 Å². The third-order valence-corrected chi connectivity index (χ3v) is 8.27. The zero-order chi connectivity index (χ0) is 26.8. The number of aliphatic hydroxyl groups excluding tert-OH is 1. The molecule has 3 heterocycles. The first kappa shape index (κ1) is 28.4. The fourth-order valence-corrected chi connectivity index (χ4v) is 6.28. The van der Waals surface area contributed by atoms with E-state index >= 15 is 0 Å². The molecular formula is C28H44N2O6. The fraction of sp³-hybridized carbons (Fsp3) is 0.750. The van der Waals surface area contributed by atoms with Crippen LogP contribution in [0.15, 0.2) is 25.3 Å². The highest BCUT2D eigenvalue weighted by molar-refractivity contribution is 5.98. The molecule has 3 saturated heterocycles. The Morgan fingerprint density at radius 1 is 1.33 bits per heavy atom. The lowest BCUT2D eigenvalue weighted by Crippen LogP contribution is -2.62. The lowest BCUT2D eigenvalue weighted by atomic mass is 9.70. The molecule has 1 spiro atoms. The van der Waals surface area contributed by atoms with Crippen LogP contribution in [0, 0.1) is 17.8 Å². The first-order valence-electron chi connectivity index (χ1n) is 13.3. The van der Waals surface area contributed by atoms with E-state index < -0.39 is 47.1 Å². The number of carbonyl (C=O) groups is 3. The van der Waals surface area contributed by atoms with Gasteiger partial charge in [-0.25, -0.2) is 0 Å². The standard InChI is InChI=1S/C28H44N2O6/c1-8-11-12-16-35-26(34)21-20-13-14-28(36-20)22(21)24(32)30(19(17-31)18(4)10-3)23(28)25(33)29(15-9-2)27(5,6)7/h8-9,18-23,31H,1-2,10-17H2,3-7H3/t18-,19-,20+,21-,22-,23?,28?/m0/s1. The van der Waals surface area contributed by atoms with Crippen LogP contribution in [-0.4, -0.2) is 81.8 Å². The highest BCUT2D eigenvalue weighted by atomic mass is 16.6. The average molecular weight is 505 g/mol. The molecule has 0 aromatic heterocycles. The monoisotopic (exact) mass is 504 g/mol. The van der Waals surface area contributed by atoms with Gasteiger partial charge in [0.15, 0.2) is 0 Å². The number of esters is 1. The minimum absolute atomic E-state index is 0.0477. The minimum atomic E-state index is -1.12. The van der Waals surface area contributed by atoms with Crippen LogP contribution in [-0.2, 0) is 23.9 Å².